The molecular weight excluding hydrogens is 307 g/mol. The van der Waals surface area contributed by atoms with Gasteiger partial charge in [-0.05, 0) is 44.9 Å². The molecule has 0 heterocycles. The van der Waals surface area contributed by atoms with Gasteiger partial charge in [-0.15, -0.1) is 0 Å². The molecule has 0 radical (unpaired) electrons. The van der Waals surface area contributed by atoms with Crippen LogP contribution in [-0.2, 0) is 11.2 Å². The Hall–Kier alpha value is -2.11. The number of amides is 1. The van der Waals surface area contributed by atoms with Crippen molar-refractivity contribution >= 4 is 11.9 Å². The molecule has 0 fully saturated rings. The average molecular weight is 336 g/mol. The summed E-state index contributed by atoms with van der Waals surface area (Å²) < 4.78 is 12.9. The number of rotatable bonds is 9. The van der Waals surface area contributed by atoms with Gasteiger partial charge in [0.15, 0.2) is 5.96 Å². The van der Waals surface area contributed by atoms with Crippen LogP contribution in [0.1, 0.15) is 32.8 Å². The van der Waals surface area contributed by atoms with Crippen molar-refractivity contribution in [1.82, 2.24) is 15.5 Å². The molecule has 0 spiro atoms. The summed E-state index contributed by atoms with van der Waals surface area (Å²) in [5, 5.41) is 6.40. The number of nitrogens with one attached hydrogen (secondary N) is 2. The number of carbonyl (C=O) groups is 1. The SMILES string of the molecule is CCNC(=NCCC(=O)N(CC)CC)NCCc1ccc(F)cc1. The number of guanidine groups is 1. The van der Waals surface area contributed by atoms with Gasteiger partial charge < -0.3 is 15.5 Å². The molecule has 0 atom stereocenters. The van der Waals surface area contributed by atoms with E-state index < -0.39 is 0 Å². The Morgan fingerprint density at radius 3 is 2.38 bits per heavy atom. The first-order valence-corrected chi connectivity index (χ1v) is 8.65. The van der Waals surface area contributed by atoms with Crippen LogP contribution in [0.5, 0.6) is 0 Å². The van der Waals surface area contributed by atoms with Crippen LogP contribution in [0.25, 0.3) is 0 Å². The van der Waals surface area contributed by atoms with Gasteiger partial charge in [-0.3, -0.25) is 9.79 Å². The Balaban J connectivity index is 2.41. The van der Waals surface area contributed by atoms with Crippen molar-refractivity contribution in [3.05, 3.63) is 35.6 Å². The van der Waals surface area contributed by atoms with E-state index in [1.54, 1.807) is 12.1 Å². The lowest BCUT2D eigenvalue weighted by molar-refractivity contribution is -0.130. The highest BCUT2D eigenvalue weighted by molar-refractivity contribution is 5.80. The molecule has 0 saturated carbocycles. The van der Waals surface area contributed by atoms with Crippen LogP contribution in [0, 0.1) is 5.82 Å². The van der Waals surface area contributed by atoms with Crippen LogP contribution >= 0.6 is 0 Å². The van der Waals surface area contributed by atoms with Crippen LogP contribution in [0.4, 0.5) is 4.39 Å². The molecule has 24 heavy (non-hydrogen) atoms. The van der Waals surface area contributed by atoms with E-state index in [1.165, 1.54) is 12.1 Å². The van der Waals surface area contributed by atoms with Gasteiger partial charge in [-0.25, -0.2) is 4.39 Å². The molecule has 0 aliphatic carbocycles. The van der Waals surface area contributed by atoms with Crippen molar-refractivity contribution in [2.75, 3.05) is 32.7 Å². The molecule has 0 saturated heterocycles. The maximum absolute atomic E-state index is 12.9. The lowest BCUT2D eigenvalue weighted by Crippen LogP contribution is -2.38. The summed E-state index contributed by atoms with van der Waals surface area (Å²) in [5.74, 6) is 0.609. The van der Waals surface area contributed by atoms with Gasteiger partial charge in [0, 0.05) is 32.6 Å². The molecule has 134 valence electrons. The molecule has 1 aromatic carbocycles. The number of hydrogen-bond acceptors (Lipinski definition) is 2. The van der Waals surface area contributed by atoms with Gasteiger partial charge in [-0.2, -0.15) is 0 Å². The minimum atomic E-state index is -0.223. The summed E-state index contributed by atoms with van der Waals surface area (Å²) in [7, 11) is 0. The van der Waals surface area contributed by atoms with Crippen molar-refractivity contribution in [2.24, 2.45) is 4.99 Å². The summed E-state index contributed by atoms with van der Waals surface area (Å²) in [5.41, 5.74) is 1.07. The van der Waals surface area contributed by atoms with E-state index in [2.05, 4.69) is 15.6 Å². The molecule has 2 N–H and O–H groups in total. The number of hydrogen-bond donors (Lipinski definition) is 2. The second kappa shape index (κ2) is 11.4. The zero-order chi connectivity index (χ0) is 17.8. The largest absolute Gasteiger partial charge is 0.357 e. The number of carbonyl (C=O) groups excluding carboxylic acids is 1. The smallest absolute Gasteiger partial charge is 0.224 e. The number of aliphatic imine (C=N–C) groups is 1. The summed E-state index contributed by atoms with van der Waals surface area (Å²) in [4.78, 5) is 18.2. The fourth-order valence-electron chi connectivity index (χ4n) is 2.32. The Bertz CT molecular complexity index is 512. The first kappa shape index (κ1) is 19.9. The van der Waals surface area contributed by atoms with Crippen molar-refractivity contribution in [3.63, 3.8) is 0 Å². The fourth-order valence-corrected chi connectivity index (χ4v) is 2.32. The molecule has 0 aliphatic rings. The van der Waals surface area contributed by atoms with Crippen LogP contribution in [0.2, 0.25) is 0 Å². The van der Waals surface area contributed by atoms with E-state index in [0.717, 1.165) is 31.6 Å². The van der Waals surface area contributed by atoms with E-state index in [1.807, 2.05) is 25.7 Å². The highest BCUT2D eigenvalue weighted by Crippen LogP contribution is 2.02. The third-order valence-electron chi connectivity index (χ3n) is 3.68. The first-order chi connectivity index (χ1) is 11.6. The van der Waals surface area contributed by atoms with Gasteiger partial charge in [0.25, 0.3) is 0 Å². The monoisotopic (exact) mass is 336 g/mol. The highest BCUT2D eigenvalue weighted by Gasteiger charge is 2.08. The van der Waals surface area contributed by atoms with E-state index in [9.17, 15) is 9.18 Å². The van der Waals surface area contributed by atoms with Crippen molar-refractivity contribution in [2.45, 2.75) is 33.6 Å². The van der Waals surface area contributed by atoms with E-state index in [4.69, 9.17) is 0 Å². The number of halogens is 1. The molecule has 1 amide bonds. The van der Waals surface area contributed by atoms with Crippen LogP contribution in [0.15, 0.2) is 29.3 Å². The molecule has 1 rings (SSSR count). The van der Waals surface area contributed by atoms with Crippen LogP contribution in [0.3, 0.4) is 0 Å². The minimum absolute atomic E-state index is 0.130. The number of benzene rings is 1. The Morgan fingerprint density at radius 1 is 1.12 bits per heavy atom. The average Bonchev–Trinajstić information content (AvgIpc) is 2.58. The lowest BCUT2D eigenvalue weighted by atomic mass is 10.1. The van der Waals surface area contributed by atoms with Crippen LogP contribution in [-0.4, -0.2) is 49.5 Å². The summed E-state index contributed by atoms with van der Waals surface area (Å²) in [6.45, 7) is 9.33. The molecular formula is C18H29FN4O. The topological polar surface area (TPSA) is 56.7 Å². The zero-order valence-corrected chi connectivity index (χ0v) is 14.9. The standard InChI is InChI=1S/C18H29FN4O/c1-4-20-18(22-14-12-17(24)23(5-2)6-3)21-13-11-15-7-9-16(19)10-8-15/h7-10H,4-6,11-14H2,1-3H3,(H2,20,21,22). The minimum Gasteiger partial charge on any atom is -0.357 e. The second-order valence-electron chi connectivity index (χ2n) is 5.38. The van der Waals surface area contributed by atoms with Gasteiger partial charge in [-0.1, -0.05) is 12.1 Å². The van der Waals surface area contributed by atoms with Gasteiger partial charge in [0.2, 0.25) is 5.91 Å². The van der Waals surface area contributed by atoms with Crippen molar-refractivity contribution < 1.29 is 9.18 Å². The maximum Gasteiger partial charge on any atom is 0.224 e. The molecule has 1 aromatic rings. The number of nitrogens with zero attached hydrogens (tertiary/aromatic N) is 2. The molecule has 0 unspecified atom stereocenters. The van der Waals surface area contributed by atoms with Gasteiger partial charge in [0.05, 0.1) is 6.54 Å². The Morgan fingerprint density at radius 2 is 1.79 bits per heavy atom. The summed E-state index contributed by atoms with van der Waals surface area (Å²) in [6, 6.07) is 6.49. The third-order valence-corrected chi connectivity index (χ3v) is 3.68. The molecule has 0 aliphatic heterocycles. The predicted octanol–water partition coefficient (Wildman–Crippen LogP) is 2.18. The fraction of sp³-hybridized carbons (Fsp3) is 0.556. The normalized spacial score (nSPS) is 11.2. The maximum atomic E-state index is 12.9. The molecule has 0 bridgehead atoms. The first-order valence-electron chi connectivity index (χ1n) is 8.65. The highest BCUT2D eigenvalue weighted by atomic mass is 19.1. The molecule has 0 aromatic heterocycles. The van der Waals surface area contributed by atoms with E-state index >= 15 is 0 Å². The van der Waals surface area contributed by atoms with Crippen molar-refractivity contribution in [3.8, 4) is 0 Å². The lowest BCUT2D eigenvalue weighted by Gasteiger charge is -2.18. The second-order valence-corrected chi connectivity index (χ2v) is 5.38. The Kier molecular flexibility index (Phi) is 9.49. The third kappa shape index (κ3) is 7.44. The molecule has 6 heteroatoms. The summed E-state index contributed by atoms with van der Waals surface area (Å²) >= 11 is 0. The van der Waals surface area contributed by atoms with Gasteiger partial charge >= 0.3 is 0 Å². The quantitative estimate of drug-likeness (QED) is 0.537. The van der Waals surface area contributed by atoms with E-state index in [-0.39, 0.29) is 11.7 Å². The zero-order valence-electron chi connectivity index (χ0n) is 14.9. The van der Waals surface area contributed by atoms with E-state index in [0.29, 0.717) is 25.5 Å². The summed E-state index contributed by atoms with van der Waals surface area (Å²) in [6.07, 6.45) is 1.19. The van der Waals surface area contributed by atoms with Gasteiger partial charge in [0.1, 0.15) is 5.82 Å². The Labute approximate surface area is 144 Å². The predicted molar refractivity (Wildman–Crippen MR) is 96.6 cm³/mol. The van der Waals surface area contributed by atoms with Crippen LogP contribution < -0.4 is 10.6 Å². The van der Waals surface area contributed by atoms with Crippen molar-refractivity contribution in [1.29, 1.82) is 0 Å². The molecule has 5 nitrogen and oxygen atoms in total.